The number of rotatable bonds is 3. The van der Waals surface area contributed by atoms with Gasteiger partial charge < -0.3 is 13.9 Å². The molecule has 0 saturated heterocycles. The van der Waals surface area contributed by atoms with Gasteiger partial charge in [0.2, 0.25) is 8.32 Å². The molecule has 5 heteroatoms. The lowest BCUT2D eigenvalue weighted by atomic mass is 9.97. The van der Waals surface area contributed by atoms with Gasteiger partial charge >= 0.3 is 5.97 Å². The molecular weight excluding hydrogens is 296 g/mol. The highest BCUT2D eigenvalue weighted by molar-refractivity contribution is 6.87. The van der Waals surface area contributed by atoms with Crippen molar-refractivity contribution in [3.63, 3.8) is 0 Å². The Morgan fingerprint density at radius 3 is 2.45 bits per heavy atom. The van der Waals surface area contributed by atoms with Crippen molar-refractivity contribution in [1.29, 1.82) is 0 Å². The third-order valence-corrected chi connectivity index (χ3v) is 8.53. The first kappa shape index (κ1) is 17.0. The number of hydrogen-bond donors (Lipinski definition) is 0. The minimum Gasteiger partial charge on any atom is -0.466 e. The monoisotopic (exact) mass is 322 g/mol. The Kier molecular flexibility index (Phi) is 4.68. The van der Waals surface area contributed by atoms with Gasteiger partial charge in [-0.25, -0.2) is 0 Å². The third-order valence-electron chi connectivity index (χ3n) is 4.09. The van der Waals surface area contributed by atoms with Gasteiger partial charge in [0.05, 0.1) is 5.41 Å². The van der Waals surface area contributed by atoms with Crippen LogP contribution in [0.2, 0.25) is 12.1 Å². The molecule has 1 aromatic rings. The Balaban J connectivity index is 2.38. The number of benzene rings is 1. The van der Waals surface area contributed by atoms with E-state index in [1.807, 2.05) is 39.8 Å². The lowest BCUT2D eigenvalue weighted by Gasteiger charge is -2.39. The summed E-state index contributed by atoms with van der Waals surface area (Å²) in [6.07, 6.45) is -0.220. The number of esters is 1. The van der Waals surface area contributed by atoms with Gasteiger partial charge in [-0.2, -0.15) is 0 Å². The summed E-state index contributed by atoms with van der Waals surface area (Å²) < 4.78 is 17.5. The molecule has 0 fully saturated rings. The van der Waals surface area contributed by atoms with Crippen molar-refractivity contribution >= 4 is 19.5 Å². The third kappa shape index (κ3) is 3.20. The number of hydrogen-bond acceptors (Lipinski definition) is 4. The molecule has 0 bridgehead atoms. The van der Waals surface area contributed by atoms with E-state index >= 15 is 0 Å². The van der Waals surface area contributed by atoms with Crippen LogP contribution in [0.3, 0.4) is 0 Å². The van der Waals surface area contributed by atoms with Crippen molar-refractivity contribution < 1.29 is 18.7 Å². The molecule has 0 spiro atoms. The molecule has 122 valence electrons. The molecule has 1 atom stereocenters. The zero-order chi connectivity index (χ0) is 16.5. The Hall–Kier alpha value is -1.33. The minimum absolute atomic E-state index is 0.220. The molecule has 1 unspecified atom stereocenters. The first-order valence-corrected chi connectivity index (χ1v) is 10.3. The molecule has 1 heterocycles. The van der Waals surface area contributed by atoms with Gasteiger partial charge in [-0.1, -0.05) is 13.8 Å². The highest BCUT2D eigenvalue weighted by atomic mass is 28.4. The van der Waals surface area contributed by atoms with E-state index in [1.54, 1.807) is 6.07 Å². The van der Waals surface area contributed by atoms with Gasteiger partial charge in [0.25, 0.3) is 0 Å². The van der Waals surface area contributed by atoms with Crippen molar-refractivity contribution in [2.24, 2.45) is 5.41 Å². The van der Waals surface area contributed by atoms with Crippen molar-refractivity contribution in [2.75, 3.05) is 0 Å². The molecule has 0 N–H and O–H groups in total. The second kappa shape index (κ2) is 6.05. The fourth-order valence-corrected chi connectivity index (χ4v) is 6.08. The standard InChI is InChI=1S/C17H26O4Si/c1-7-22(8-2)15-11-13(20-16(18)17(4,5)6)9-10-14(15)19-12(3)21-22/h9-12H,7-8H2,1-6H3. The molecule has 0 aliphatic carbocycles. The van der Waals surface area contributed by atoms with Crippen LogP contribution in [0, 0.1) is 5.41 Å². The van der Waals surface area contributed by atoms with Crippen LogP contribution in [0.4, 0.5) is 0 Å². The number of fused-ring (bicyclic) bond motifs is 1. The van der Waals surface area contributed by atoms with Crippen LogP contribution in [0.1, 0.15) is 41.5 Å². The maximum Gasteiger partial charge on any atom is 0.316 e. The summed E-state index contributed by atoms with van der Waals surface area (Å²) in [6, 6.07) is 7.57. The van der Waals surface area contributed by atoms with Crippen LogP contribution in [0.5, 0.6) is 11.5 Å². The van der Waals surface area contributed by atoms with Crippen LogP contribution in [-0.4, -0.2) is 20.6 Å². The molecule has 4 nitrogen and oxygen atoms in total. The summed E-state index contributed by atoms with van der Waals surface area (Å²) in [5, 5.41) is 1.09. The number of ether oxygens (including phenoxy) is 2. The van der Waals surface area contributed by atoms with E-state index in [0.29, 0.717) is 5.75 Å². The molecular formula is C17H26O4Si. The fraction of sp³-hybridized carbons (Fsp3) is 0.588. The second-order valence-corrected chi connectivity index (χ2v) is 11.0. The zero-order valence-corrected chi connectivity index (χ0v) is 15.4. The smallest absolute Gasteiger partial charge is 0.316 e. The van der Waals surface area contributed by atoms with Crippen LogP contribution >= 0.6 is 0 Å². The Bertz CT molecular complexity index is 558. The summed E-state index contributed by atoms with van der Waals surface area (Å²) in [4.78, 5) is 12.1. The van der Waals surface area contributed by atoms with E-state index in [4.69, 9.17) is 13.9 Å². The van der Waals surface area contributed by atoms with Crippen molar-refractivity contribution in [3.05, 3.63) is 18.2 Å². The highest BCUT2D eigenvalue weighted by Crippen LogP contribution is 2.31. The molecule has 0 amide bonds. The zero-order valence-electron chi connectivity index (χ0n) is 14.4. The molecule has 1 aliphatic rings. The molecule has 1 aliphatic heterocycles. The van der Waals surface area contributed by atoms with Gasteiger partial charge in [0.1, 0.15) is 11.5 Å². The summed E-state index contributed by atoms with van der Waals surface area (Å²) in [5.41, 5.74) is -0.526. The maximum absolute atomic E-state index is 12.1. The van der Waals surface area contributed by atoms with E-state index in [0.717, 1.165) is 23.0 Å². The largest absolute Gasteiger partial charge is 0.466 e. The lowest BCUT2D eigenvalue weighted by molar-refractivity contribution is -0.143. The first-order chi connectivity index (χ1) is 10.2. The Morgan fingerprint density at radius 1 is 1.27 bits per heavy atom. The number of carbonyl (C=O) groups excluding carboxylic acids is 1. The average molecular weight is 322 g/mol. The van der Waals surface area contributed by atoms with E-state index in [-0.39, 0.29) is 12.3 Å². The van der Waals surface area contributed by atoms with Crippen LogP contribution < -0.4 is 14.7 Å². The van der Waals surface area contributed by atoms with E-state index < -0.39 is 13.7 Å². The van der Waals surface area contributed by atoms with Crippen LogP contribution in [-0.2, 0) is 9.22 Å². The van der Waals surface area contributed by atoms with Gasteiger partial charge in [0, 0.05) is 5.19 Å². The van der Waals surface area contributed by atoms with Gasteiger partial charge in [-0.05, 0) is 58.0 Å². The highest BCUT2D eigenvalue weighted by Gasteiger charge is 2.42. The SMILES string of the molecule is CC[Si]1(CC)OC(C)Oc2ccc(OC(=O)C(C)(C)C)cc21. The van der Waals surface area contributed by atoms with Crippen molar-refractivity contribution in [1.82, 2.24) is 0 Å². The molecule has 22 heavy (non-hydrogen) atoms. The molecule has 0 aromatic heterocycles. The summed E-state index contributed by atoms with van der Waals surface area (Å²) in [7, 11) is -2.06. The average Bonchev–Trinajstić information content (AvgIpc) is 2.45. The molecule has 0 radical (unpaired) electrons. The van der Waals surface area contributed by atoms with Crippen molar-refractivity contribution in [3.8, 4) is 11.5 Å². The maximum atomic E-state index is 12.1. The molecule has 2 rings (SSSR count). The second-order valence-electron chi connectivity index (χ2n) is 6.80. The first-order valence-electron chi connectivity index (χ1n) is 7.93. The van der Waals surface area contributed by atoms with Crippen LogP contribution in [0.15, 0.2) is 18.2 Å². The predicted octanol–water partition coefficient (Wildman–Crippen LogP) is 3.59. The molecule has 1 aromatic carbocycles. The van der Waals surface area contributed by atoms with E-state index in [2.05, 4.69) is 13.8 Å². The van der Waals surface area contributed by atoms with Crippen LogP contribution in [0.25, 0.3) is 0 Å². The number of carbonyl (C=O) groups is 1. The minimum atomic E-state index is -2.06. The van der Waals surface area contributed by atoms with Gasteiger partial charge in [-0.3, -0.25) is 4.79 Å². The van der Waals surface area contributed by atoms with Gasteiger partial charge in [-0.15, -0.1) is 0 Å². The summed E-state index contributed by atoms with van der Waals surface area (Å²) in [5.74, 6) is 1.20. The fourth-order valence-electron chi connectivity index (χ4n) is 2.67. The van der Waals surface area contributed by atoms with E-state index in [9.17, 15) is 4.79 Å². The summed E-state index contributed by atoms with van der Waals surface area (Å²) in [6.45, 7) is 11.8. The van der Waals surface area contributed by atoms with Gasteiger partial charge in [0.15, 0.2) is 6.29 Å². The predicted molar refractivity (Wildman–Crippen MR) is 89.1 cm³/mol. The lowest BCUT2D eigenvalue weighted by Crippen LogP contribution is -2.56. The molecule has 0 saturated carbocycles. The quantitative estimate of drug-likeness (QED) is 0.485. The normalized spacial score (nSPS) is 20.0. The van der Waals surface area contributed by atoms with Crippen molar-refractivity contribution in [2.45, 2.75) is 59.9 Å². The summed E-state index contributed by atoms with van der Waals surface area (Å²) >= 11 is 0. The topological polar surface area (TPSA) is 44.8 Å². The van der Waals surface area contributed by atoms with E-state index in [1.165, 1.54) is 0 Å². The Labute approximate surface area is 133 Å². The Morgan fingerprint density at radius 2 is 1.91 bits per heavy atom.